The zero-order chi connectivity index (χ0) is 23.2. The first-order chi connectivity index (χ1) is 15.2. The molecule has 32 heavy (non-hydrogen) atoms. The van der Waals surface area contributed by atoms with Crippen molar-refractivity contribution >= 4 is 16.2 Å². The van der Waals surface area contributed by atoms with Crippen LogP contribution in [-0.2, 0) is 30.3 Å². The van der Waals surface area contributed by atoms with Crippen molar-refractivity contribution in [3.63, 3.8) is 0 Å². The molecule has 1 heterocycles. The van der Waals surface area contributed by atoms with Crippen LogP contribution >= 0.6 is 0 Å². The molecule has 1 amide bonds. The largest absolute Gasteiger partial charge is 0.497 e. The van der Waals surface area contributed by atoms with Crippen LogP contribution in [0.25, 0.3) is 0 Å². The van der Waals surface area contributed by atoms with Gasteiger partial charge in [-0.1, -0.05) is 25.5 Å². The molecule has 9 heteroatoms. The van der Waals surface area contributed by atoms with E-state index in [1.807, 2.05) is 24.3 Å². The maximum absolute atomic E-state index is 12.7. The minimum absolute atomic E-state index is 0.0374. The average molecular weight is 470 g/mol. The Morgan fingerprint density at radius 1 is 1.16 bits per heavy atom. The molecule has 1 aromatic rings. The molecule has 8 nitrogen and oxygen atoms in total. The minimum Gasteiger partial charge on any atom is -0.497 e. The number of methoxy groups -OCH3 is 1. The van der Waals surface area contributed by atoms with Gasteiger partial charge in [0.2, 0.25) is 0 Å². The van der Waals surface area contributed by atoms with E-state index in [0.29, 0.717) is 32.7 Å². The van der Waals surface area contributed by atoms with Crippen molar-refractivity contribution in [3.05, 3.63) is 29.8 Å². The molecule has 2 atom stereocenters. The van der Waals surface area contributed by atoms with Crippen LogP contribution in [0.5, 0.6) is 5.75 Å². The third kappa shape index (κ3) is 6.59. The van der Waals surface area contributed by atoms with Crippen LogP contribution in [0.15, 0.2) is 24.3 Å². The van der Waals surface area contributed by atoms with Gasteiger partial charge in [0.25, 0.3) is 10.1 Å². The van der Waals surface area contributed by atoms with Crippen molar-refractivity contribution in [2.45, 2.75) is 57.6 Å². The predicted octanol–water partition coefficient (Wildman–Crippen LogP) is 3.74. The van der Waals surface area contributed by atoms with Crippen LogP contribution in [-0.4, -0.2) is 64.7 Å². The van der Waals surface area contributed by atoms with Crippen LogP contribution in [0.2, 0.25) is 0 Å². The summed E-state index contributed by atoms with van der Waals surface area (Å²) in [4.78, 5) is 14.4. The summed E-state index contributed by atoms with van der Waals surface area (Å²) in [5, 5.41) is 0. The first-order valence-corrected chi connectivity index (χ1v) is 13.0. The lowest BCUT2D eigenvalue weighted by atomic mass is 9.68. The van der Waals surface area contributed by atoms with Crippen molar-refractivity contribution in [2.75, 3.05) is 39.7 Å². The van der Waals surface area contributed by atoms with Gasteiger partial charge in [0.1, 0.15) is 11.4 Å². The molecular weight excluding hydrogens is 434 g/mol. The quantitative estimate of drug-likeness (QED) is 0.360. The second-order valence-electron chi connectivity index (χ2n) is 9.16. The smallest absolute Gasteiger partial charge is 0.410 e. The second-order valence-corrected chi connectivity index (χ2v) is 10.8. The van der Waals surface area contributed by atoms with E-state index in [9.17, 15) is 13.2 Å². The molecular formula is C23H35NO7S. The third-order valence-electron chi connectivity index (χ3n) is 6.24. The SMILES string of the molecule is CCCCOCC1(COS(C)(=O)=O)CCCC2(CN(Cc3ccc(OC)cc3)C(=O)O2)C1. The van der Waals surface area contributed by atoms with E-state index in [1.54, 1.807) is 12.0 Å². The van der Waals surface area contributed by atoms with E-state index in [0.717, 1.165) is 49.7 Å². The summed E-state index contributed by atoms with van der Waals surface area (Å²) in [5.74, 6) is 0.764. The van der Waals surface area contributed by atoms with Crippen molar-refractivity contribution < 1.29 is 31.6 Å². The monoisotopic (exact) mass is 469 g/mol. The number of carbonyl (C=O) groups is 1. The number of ether oxygens (including phenoxy) is 3. The summed E-state index contributed by atoms with van der Waals surface area (Å²) in [6.07, 6.45) is 5.53. The molecule has 2 unspecified atom stereocenters. The van der Waals surface area contributed by atoms with Gasteiger partial charge in [-0.3, -0.25) is 9.08 Å². The van der Waals surface area contributed by atoms with E-state index in [4.69, 9.17) is 18.4 Å². The van der Waals surface area contributed by atoms with E-state index in [1.165, 1.54) is 0 Å². The van der Waals surface area contributed by atoms with Crippen LogP contribution in [0, 0.1) is 5.41 Å². The number of hydrogen-bond donors (Lipinski definition) is 0. The van der Waals surface area contributed by atoms with E-state index >= 15 is 0 Å². The molecule has 2 fully saturated rings. The fourth-order valence-corrected chi connectivity index (χ4v) is 5.15. The highest BCUT2D eigenvalue weighted by Crippen LogP contribution is 2.47. The molecule has 1 spiro atoms. The van der Waals surface area contributed by atoms with Crippen molar-refractivity contribution in [2.24, 2.45) is 5.41 Å². The Balaban J connectivity index is 1.71. The summed E-state index contributed by atoms with van der Waals surface area (Å²) in [6.45, 7) is 4.05. The molecule has 1 saturated carbocycles. The summed E-state index contributed by atoms with van der Waals surface area (Å²) in [7, 11) is -1.97. The Bertz CT molecular complexity index is 873. The third-order valence-corrected chi connectivity index (χ3v) is 6.79. The van der Waals surface area contributed by atoms with Gasteiger partial charge in [0.15, 0.2) is 0 Å². The van der Waals surface area contributed by atoms with Gasteiger partial charge >= 0.3 is 6.09 Å². The number of rotatable bonds is 11. The Morgan fingerprint density at radius 2 is 1.91 bits per heavy atom. The van der Waals surface area contributed by atoms with Gasteiger partial charge in [0.05, 0.1) is 33.1 Å². The zero-order valence-corrected chi connectivity index (χ0v) is 20.1. The number of benzene rings is 1. The lowest BCUT2D eigenvalue weighted by Gasteiger charge is -2.44. The lowest BCUT2D eigenvalue weighted by molar-refractivity contribution is -0.0795. The number of unbranched alkanes of at least 4 members (excludes halogenated alkanes) is 1. The van der Waals surface area contributed by atoms with Crippen molar-refractivity contribution in [3.8, 4) is 5.75 Å². The van der Waals surface area contributed by atoms with Gasteiger partial charge in [0, 0.05) is 18.6 Å². The Morgan fingerprint density at radius 3 is 2.56 bits per heavy atom. The Kier molecular flexibility index (Phi) is 8.06. The zero-order valence-electron chi connectivity index (χ0n) is 19.3. The topological polar surface area (TPSA) is 91.4 Å². The van der Waals surface area contributed by atoms with Crippen LogP contribution in [0.4, 0.5) is 4.79 Å². The molecule has 0 aromatic heterocycles. The fraction of sp³-hybridized carbons (Fsp3) is 0.696. The van der Waals surface area contributed by atoms with E-state index in [2.05, 4.69) is 6.92 Å². The normalized spacial score (nSPS) is 25.8. The fourth-order valence-electron chi connectivity index (χ4n) is 4.69. The molecule has 1 aliphatic heterocycles. The molecule has 180 valence electrons. The molecule has 1 aliphatic carbocycles. The molecule has 1 saturated heterocycles. The maximum atomic E-state index is 12.7. The summed E-state index contributed by atoms with van der Waals surface area (Å²) in [6, 6.07) is 7.61. The van der Waals surface area contributed by atoms with Crippen molar-refractivity contribution in [1.29, 1.82) is 0 Å². The standard InChI is InChI=1S/C23H35NO7S/c1-4-5-13-29-17-22(18-30-32(3,26)27)11-6-12-23(15-22)16-24(21(25)31-23)14-19-7-9-20(28-2)10-8-19/h7-10H,4-6,11-18H2,1-3H3. The number of carbonyl (C=O) groups excluding carboxylic acids is 1. The average Bonchev–Trinajstić information content (AvgIpc) is 3.04. The van der Waals surface area contributed by atoms with Gasteiger partial charge in [-0.05, 0) is 49.8 Å². The van der Waals surface area contributed by atoms with Gasteiger partial charge in [-0.2, -0.15) is 8.42 Å². The predicted molar refractivity (Wildman–Crippen MR) is 120 cm³/mol. The first kappa shape index (κ1) is 24.8. The van der Waals surface area contributed by atoms with Crippen molar-refractivity contribution in [1.82, 2.24) is 4.90 Å². The van der Waals surface area contributed by atoms with E-state index < -0.39 is 21.1 Å². The van der Waals surface area contributed by atoms with Gasteiger partial charge in [-0.25, -0.2) is 4.79 Å². The number of nitrogens with zero attached hydrogens (tertiary/aromatic N) is 1. The van der Waals surface area contributed by atoms with E-state index in [-0.39, 0.29) is 12.7 Å². The van der Waals surface area contributed by atoms with Crippen LogP contribution in [0.3, 0.4) is 0 Å². The highest BCUT2D eigenvalue weighted by atomic mass is 32.2. The molecule has 0 N–H and O–H groups in total. The Hall–Kier alpha value is -1.84. The van der Waals surface area contributed by atoms with Gasteiger partial charge in [-0.15, -0.1) is 0 Å². The highest BCUT2D eigenvalue weighted by molar-refractivity contribution is 7.85. The lowest BCUT2D eigenvalue weighted by Crippen LogP contribution is -2.48. The minimum atomic E-state index is -3.58. The Labute approximate surface area is 191 Å². The summed E-state index contributed by atoms with van der Waals surface area (Å²) < 4.78 is 45.7. The summed E-state index contributed by atoms with van der Waals surface area (Å²) >= 11 is 0. The summed E-state index contributed by atoms with van der Waals surface area (Å²) in [5.41, 5.74) is -0.174. The number of hydrogen-bond acceptors (Lipinski definition) is 7. The molecule has 2 aliphatic rings. The maximum Gasteiger partial charge on any atom is 0.410 e. The number of amides is 1. The van der Waals surface area contributed by atoms with Gasteiger partial charge < -0.3 is 14.2 Å². The molecule has 3 rings (SSSR count). The second kappa shape index (κ2) is 10.4. The molecule has 0 radical (unpaired) electrons. The highest BCUT2D eigenvalue weighted by Gasteiger charge is 2.53. The molecule has 0 bridgehead atoms. The van der Waals surface area contributed by atoms with Crippen LogP contribution < -0.4 is 4.74 Å². The first-order valence-electron chi connectivity index (χ1n) is 11.2. The molecule has 1 aromatic carbocycles. The van der Waals surface area contributed by atoms with Crippen LogP contribution in [0.1, 0.15) is 51.0 Å².